The number of carbonyl (C=O) groups excluding carboxylic acids is 1. The summed E-state index contributed by atoms with van der Waals surface area (Å²) in [6, 6.07) is 9.58. The van der Waals surface area contributed by atoms with Gasteiger partial charge < -0.3 is 14.4 Å². The zero-order valence-electron chi connectivity index (χ0n) is 22.9. The molecular formula is C28H39FN2O5S2. The Hall–Kier alpha value is -2.24. The number of unbranched alkanes of at least 4 members (excludes halogenated alkanes) is 1. The number of nitrogens with zero attached hydrogens (tertiary/aromatic N) is 2. The zero-order valence-corrected chi connectivity index (χ0v) is 24.6. The molecule has 1 unspecified atom stereocenters. The van der Waals surface area contributed by atoms with E-state index in [1.165, 1.54) is 36.2 Å². The van der Waals surface area contributed by atoms with Crippen LogP contribution in [0, 0.1) is 5.82 Å². The lowest BCUT2D eigenvalue weighted by Crippen LogP contribution is -2.39. The zero-order chi connectivity index (χ0) is 28.1. The fourth-order valence-electron chi connectivity index (χ4n) is 4.19. The van der Waals surface area contributed by atoms with E-state index >= 15 is 0 Å². The highest BCUT2D eigenvalue weighted by Gasteiger charge is 2.38. The lowest BCUT2D eigenvalue weighted by Gasteiger charge is -2.43. The van der Waals surface area contributed by atoms with Crippen LogP contribution in [0.25, 0.3) is 0 Å². The summed E-state index contributed by atoms with van der Waals surface area (Å²) >= 11 is 1.54. The van der Waals surface area contributed by atoms with Crippen LogP contribution in [0.2, 0.25) is 0 Å². The molecule has 1 aliphatic rings. The summed E-state index contributed by atoms with van der Waals surface area (Å²) in [5.41, 5.74) is 0.751. The number of carbonyl (C=O) groups is 1. The third-order valence-electron chi connectivity index (χ3n) is 6.06. The van der Waals surface area contributed by atoms with Crippen LogP contribution >= 0.6 is 22.5 Å². The average molecular weight is 567 g/mol. The van der Waals surface area contributed by atoms with E-state index in [2.05, 4.69) is 6.92 Å². The predicted octanol–water partition coefficient (Wildman–Crippen LogP) is 7.84. The minimum absolute atomic E-state index is 0.156. The Kier molecular flexibility index (Phi) is 10.2. The Labute approximate surface area is 231 Å². The van der Waals surface area contributed by atoms with E-state index in [-0.39, 0.29) is 11.9 Å². The number of likely N-dealkylation sites (N-methyl/N-ethyl adjacent to an activating group) is 1. The summed E-state index contributed by atoms with van der Waals surface area (Å²) in [4.78, 5) is 15.2. The molecule has 0 fully saturated rings. The van der Waals surface area contributed by atoms with E-state index in [1.807, 2.05) is 17.9 Å². The van der Waals surface area contributed by atoms with Crippen molar-refractivity contribution in [3.05, 3.63) is 54.6 Å². The number of anilines is 2. The Morgan fingerprint density at radius 3 is 2.50 bits per heavy atom. The molecule has 3 rings (SSSR count). The van der Waals surface area contributed by atoms with Crippen LogP contribution in [-0.4, -0.2) is 50.4 Å². The Bertz CT molecular complexity index is 1140. The normalized spacial score (nSPS) is 18.7. The molecule has 0 aliphatic carbocycles. The molecule has 210 valence electrons. The van der Waals surface area contributed by atoms with Crippen LogP contribution in [0.15, 0.2) is 58.5 Å². The molecule has 2 aromatic rings. The van der Waals surface area contributed by atoms with Crippen LogP contribution in [0.5, 0.6) is 5.75 Å². The maximum Gasteiger partial charge on any atom is 0.334 e. The highest BCUT2D eigenvalue weighted by Crippen LogP contribution is 2.60. The molecule has 7 nitrogen and oxygen atoms in total. The molecule has 0 spiro atoms. The molecule has 1 heterocycles. The van der Waals surface area contributed by atoms with Gasteiger partial charge in [0.15, 0.2) is 0 Å². The van der Waals surface area contributed by atoms with Crippen molar-refractivity contribution >= 4 is 39.9 Å². The molecule has 0 bridgehead atoms. The highest BCUT2D eigenvalue weighted by atomic mass is 32.3. The second-order valence-corrected chi connectivity index (χ2v) is 13.5. The predicted molar refractivity (Wildman–Crippen MR) is 154 cm³/mol. The number of fused-ring (bicyclic) bond motifs is 1. The van der Waals surface area contributed by atoms with Gasteiger partial charge in [-0.1, -0.05) is 26.7 Å². The van der Waals surface area contributed by atoms with Crippen LogP contribution in [0.1, 0.15) is 53.9 Å². The molecule has 10 heteroatoms. The van der Waals surface area contributed by atoms with E-state index < -0.39 is 22.3 Å². The summed E-state index contributed by atoms with van der Waals surface area (Å²) in [6.07, 6.45) is 5.13. The minimum atomic E-state index is -3.39. The summed E-state index contributed by atoms with van der Waals surface area (Å²) in [5.74, 6) is 0.268. The van der Waals surface area contributed by atoms with Gasteiger partial charge in [-0.15, -0.1) is 22.5 Å². The Morgan fingerprint density at radius 1 is 1.21 bits per heavy atom. The molecule has 0 saturated carbocycles. The molecule has 0 radical (unpaired) electrons. The van der Waals surface area contributed by atoms with E-state index in [0.717, 1.165) is 35.6 Å². The number of halogens is 1. The summed E-state index contributed by atoms with van der Waals surface area (Å²) in [5, 5.41) is 0. The fourth-order valence-corrected chi connectivity index (χ4v) is 6.55. The van der Waals surface area contributed by atoms with Gasteiger partial charge in [-0.25, -0.2) is 13.5 Å². The molecule has 2 aromatic carbocycles. The third kappa shape index (κ3) is 7.45. The van der Waals surface area contributed by atoms with Gasteiger partial charge in [0, 0.05) is 31.4 Å². The molecular weight excluding hydrogens is 527 g/mol. The lowest BCUT2D eigenvalue weighted by atomic mass is 10.1. The summed E-state index contributed by atoms with van der Waals surface area (Å²) in [7, 11) is -1.67. The van der Waals surface area contributed by atoms with Gasteiger partial charge in [0.2, 0.25) is 0 Å². The summed E-state index contributed by atoms with van der Waals surface area (Å²) < 4.78 is 49.7. The van der Waals surface area contributed by atoms with Gasteiger partial charge in [0.25, 0.3) is 0 Å². The van der Waals surface area contributed by atoms with Gasteiger partial charge in [-0.3, -0.25) is 9.11 Å². The lowest BCUT2D eigenvalue weighted by molar-refractivity contribution is -0.148. The Morgan fingerprint density at radius 2 is 1.89 bits per heavy atom. The van der Waals surface area contributed by atoms with Gasteiger partial charge in [0.05, 0.1) is 22.9 Å². The fraction of sp³-hybridized carbons (Fsp3) is 0.464. The number of ether oxygens (including phenoxy) is 2. The largest absolute Gasteiger partial charge is 0.463 e. The van der Waals surface area contributed by atoms with Crippen molar-refractivity contribution in [3.8, 4) is 5.75 Å². The monoisotopic (exact) mass is 566 g/mol. The van der Waals surface area contributed by atoms with Gasteiger partial charge in [0.1, 0.15) is 22.1 Å². The van der Waals surface area contributed by atoms with Crippen molar-refractivity contribution in [1.29, 1.82) is 0 Å². The van der Waals surface area contributed by atoms with Crippen LogP contribution in [0.4, 0.5) is 15.8 Å². The summed E-state index contributed by atoms with van der Waals surface area (Å²) in [6.45, 7) is 9.96. The first-order valence-corrected chi connectivity index (χ1v) is 15.3. The molecule has 2 N–H and O–H groups in total. The van der Waals surface area contributed by atoms with E-state index in [4.69, 9.17) is 9.47 Å². The highest BCUT2D eigenvalue weighted by molar-refractivity contribution is 8.22. The topological polar surface area (TPSA) is 82.5 Å². The molecule has 0 aromatic heterocycles. The van der Waals surface area contributed by atoms with Crippen LogP contribution < -0.4 is 9.64 Å². The first kappa shape index (κ1) is 30.3. The maximum absolute atomic E-state index is 13.8. The number of hydrogen-bond donors (Lipinski definition) is 2. The first-order chi connectivity index (χ1) is 17.9. The van der Waals surface area contributed by atoms with Crippen LogP contribution in [0.3, 0.4) is 0 Å². The number of esters is 1. The van der Waals surface area contributed by atoms with Crippen molar-refractivity contribution < 1.29 is 27.8 Å². The molecule has 0 saturated heterocycles. The molecule has 1 aliphatic heterocycles. The SMILES string of the molecule is CCCCC1CN(c2ccc(F)cc2)c2cc(SCC)c(O/C=C/C(=O)OC(C)(C)C)cc2S(O)(O)N1C. The van der Waals surface area contributed by atoms with E-state index in [1.54, 1.807) is 50.3 Å². The van der Waals surface area contributed by atoms with E-state index in [0.29, 0.717) is 22.9 Å². The second kappa shape index (κ2) is 12.7. The second-order valence-electron chi connectivity index (χ2n) is 10.1. The maximum atomic E-state index is 13.8. The number of benzene rings is 2. The van der Waals surface area contributed by atoms with Gasteiger partial charge in [-0.05, 0) is 63.3 Å². The molecule has 0 amide bonds. The van der Waals surface area contributed by atoms with Crippen molar-refractivity contribution in [2.45, 2.75) is 75.3 Å². The van der Waals surface area contributed by atoms with Crippen molar-refractivity contribution in [1.82, 2.24) is 4.31 Å². The van der Waals surface area contributed by atoms with Crippen molar-refractivity contribution in [2.75, 3.05) is 24.2 Å². The first-order valence-electron chi connectivity index (χ1n) is 12.8. The number of thioether (sulfide) groups is 1. The molecule has 1 atom stereocenters. The molecule has 38 heavy (non-hydrogen) atoms. The average Bonchev–Trinajstić information content (AvgIpc) is 2.91. The quantitative estimate of drug-likeness (QED) is 0.137. The van der Waals surface area contributed by atoms with Gasteiger partial charge in [-0.2, -0.15) is 0 Å². The number of hydrogen-bond acceptors (Lipinski definition) is 8. The minimum Gasteiger partial charge on any atom is -0.463 e. The standard InChI is InChI=1S/C28H39FN2O5S2/c1-7-9-10-22-19-31(21-13-11-20(29)12-14-21)23-17-25(37-8-2)24(18-26(23)38(33,34)30(22)6)35-16-15-27(32)36-28(3,4)5/h11-18,22,33-34H,7-10,19H2,1-6H3/b16-15+. The smallest absolute Gasteiger partial charge is 0.334 e. The van der Waals surface area contributed by atoms with Crippen molar-refractivity contribution in [3.63, 3.8) is 0 Å². The van der Waals surface area contributed by atoms with Crippen LogP contribution in [-0.2, 0) is 9.53 Å². The van der Waals surface area contributed by atoms with Crippen molar-refractivity contribution in [2.24, 2.45) is 0 Å². The van der Waals surface area contributed by atoms with E-state index in [9.17, 15) is 18.3 Å². The number of rotatable bonds is 9. The third-order valence-corrected chi connectivity index (χ3v) is 8.99. The van der Waals surface area contributed by atoms with Gasteiger partial charge >= 0.3 is 5.97 Å². The Balaban J connectivity index is 2.11.